The number of phenolic OH excluding ortho intramolecular Hbond substituents is 1. The maximum atomic E-state index is 12.1. The Morgan fingerprint density at radius 3 is 2.55 bits per heavy atom. The van der Waals surface area contributed by atoms with Crippen molar-refractivity contribution in [1.82, 2.24) is 0 Å². The van der Waals surface area contributed by atoms with E-state index in [9.17, 15) is 9.90 Å². The highest BCUT2D eigenvalue weighted by atomic mass is 16.3. The van der Waals surface area contributed by atoms with Gasteiger partial charge in [-0.2, -0.15) is 0 Å². The molecule has 3 aromatic carbocycles. The van der Waals surface area contributed by atoms with E-state index in [1.165, 1.54) is 5.39 Å². The molecule has 0 saturated carbocycles. The van der Waals surface area contributed by atoms with Crippen molar-refractivity contribution in [3.05, 3.63) is 71.8 Å². The van der Waals surface area contributed by atoms with E-state index in [1.807, 2.05) is 36.4 Å². The van der Waals surface area contributed by atoms with Crippen LogP contribution in [0.25, 0.3) is 10.8 Å². The molecule has 1 heterocycles. The van der Waals surface area contributed by atoms with Crippen LogP contribution in [0.4, 0.5) is 5.69 Å². The summed E-state index contributed by atoms with van der Waals surface area (Å²) in [7, 11) is 0. The number of carbonyl (C=O) groups is 1. The van der Waals surface area contributed by atoms with Gasteiger partial charge in [0.25, 0.3) is 0 Å². The Morgan fingerprint density at radius 1 is 0.955 bits per heavy atom. The van der Waals surface area contributed by atoms with Gasteiger partial charge in [0.2, 0.25) is 5.91 Å². The van der Waals surface area contributed by atoms with Crippen molar-refractivity contribution < 1.29 is 9.90 Å². The molecule has 3 aromatic rings. The number of nitrogens with one attached hydrogen (secondary N) is 1. The Hall–Kier alpha value is -2.81. The summed E-state index contributed by atoms with van der Waals surface area (Å²) in [6.07, 6.45) is 0.422. The van der Waals surface area contributed by atoms with Crippen LogP contribution >= 0.6 is 0 Å². The molecule has 0 aliphatic carbocycles. The minimum atomic E-state index is 0.00968. The third-order valence-corrected chi connectivity index (χ3v) is 4.28. The molecule has 0 radical (unpaired) electrons. The number of phenols is 1. The lowest BCUT2D eigenvalue weighted by molar-refractivity contribution is -0.116. The van der Waals surface area contributed by atoms with Gasteiger partial charge >= 0.3 is 0 Å². The Morgan fingerprint density at radius 2 is 1.73 bits per heavy atom. The molecule has 0 fully saturated rings. The van der Waals surface area contributed by atoms with Gasteiger partial charge in [0.1, 0.15) is 5.75 Å². The normalized spacial score (nSPS) is 17.1. The first-order valence-corrected chi connectivity index (χ1v) is 7.33. The van der Waals surface area contributed by atoms with Crippen molar-refractivity contribution in [3.63, 3.8) is 0 Å². The van der Waals surface area contributed by atoms with Crippen molar-refractivity contribution in [1.29, 1.82) is 0 Å². The number of amides is 1. The lowest BCUT2D eigenvalue weighted by atomic mass is 9.82. The van der Waals surface area contributed by atoms with Gasteiger partial charge in [-0.25, -0.2) is 0 Å². The van der Waals surface area contributed by atoms with E-state index in [1.54, 1.807) is 12.1 Å². The zero-order chi connectivity index (χ0) is 15.1. The summed E-state index contributed by atoms with van der Waals surface area (Å²) in [4.78, 5) is 12.1. The summed E-state index contributed by atoms with van der Waals surface area (Å²) in [5.41, 5.74) is 3.08. The van der Waals surface area contributed by atoms with Crippen LogP contribution in [-0.2, 0) is 4.79 Å². The molecular formula is C19H15NO2. The fourth-order valence-corrected chi connectivity index (χ4v) is 3.26. The molecular weight excluding hydrogens is 274 g/mol. The maximum absolute atomic E-state index is 12.1. The first-order chi connectivity index (χ1) is 10.7. The van der Waals surface area contributed by atoms with E-state index in [0.29, 0.717) is 6.42 Å². The molecule has 3 nitrogen and oxygen atoms in total. The number of benzene rings is 3. The van der Waals surface area contributed by atoms with E-state index in [2.05, 4.69) is 17.4 Å². The Balaban J connectivity index is 1.97. The van der Waals surface area contributed by atoms with Gasteiger partial charge in [-0.05, 0) is 40.1 Å². The zero-order valence-corrected chi connectivity index (χ0v) is 11.9. The lowest BCUT2D eigenvalue weighted by Gasteiger charge is -2.27. The van der Waals surface area contributed by atoms with Gasteiger partial charge < -0.3 is 10.4 Å². The predicted octanol–water partition coefficient (Wildman–Crippen LogP) is 4.02. The van der Waals surface area contributed by atoms with Crippen LogP contribution < -0.4 is 5.32 Å². The second kappa shape index (κ2) is 4.88. The topological polar surface area (TPSA) is 49.3 Å². The minimum absolute atomic E-state index is 0.00968. The number of anilines is 1. The Labute approximate surface area is 128 Å². The van der Waals surface area contributed by atoms with Crippen molar-refractivity contribution in [2.24, 2.45) is 0 Å². The van der Waals surface area contributed by atoms with E-state index in [4.69, 9.17) is 0 Å². The zero-order valence-electron chi connectivity index (χ0n) is 11.9. The molecule has 0 unspecified atom stereocenters. The number of fused-ring (bicyclic) bond motifs is 3. The third kappa shape index (κ3) is 2.02. The fraction of sp³-hybridized carbons (Fsp3) is 0.105. The first-order valence-electron chi connectivity index (χ1n) is 7.33. The van der Waals surface area contributed by atoms with E-state index in [-0.39, 0.29) is 17.6 Å². The second-order valence-electron chi connectivity index (χ2n) is 5.64. The average Bonchev–Trinajstić information content (AvgIpc) is 2.54. The molecule has 22 heavy (non-hydrogen) atoms. The summed E-state index contributed by atoms with van der Waals surface area (Å²) in [6, 6.07) is 19.4. The molecule has 1 aliphatic heterocycles. The molecule has 1 amide bonds. The molecule has 108 valence electrons. The molecule has 0 bridgehead atoms. The molecule has 0 spiro atoms. The largest absolute Gasteiger partial charge is 0.508 e. The van der Waals surface area contributed by atoms with E-state index in [0.717, 1.165) is 22.2 Å². The Bertz CT molecular complexity index is 868. The van der Waals surface area contributed by atoms with Crippen LogP contribution in [-0.4, -0.2) is 11.0 Å². The monoisotopic (exact) mass is 289 g/mol. The summed E-state index contributed by atoms with van der Waals surface area (Å²) < 4.78 is 0. The van der Waals surface area contributed by atoms with Crippen molar-refractivity contribution in [2.75, 3.05) is 5.32 Å². The Kier molecular flexibility index (Phi) is 2.86. The SMILES string of the molecule is O=C1C[C@H](c2ccc(O)cc2)c2c(ccc3ccccc23)N1. The van der Waals surface area contributed by atoms with Crippen molar-refractivity contribution in [2.45, 2.75) is 12.3 Å². The average molecular weight is 289 g/mol. The highest BCUT2D eigenvalue weighted by molar-refractivity contribution is 6.01. The van der Waals surface area contributed by atoms with Gasteiger partial charge in [0, 0.05) is 18.0 Å². The standard InChI is InChI=1S/C19H15NO2/c21-14-8-5-13(6-9-14)16-11-18(22)20-17-10-7-12-3-1-2-4-15(12)19(16)17/h1-10,16,21H,11H2,(H,20,22)/t16-/m1/s1. The molecule has 0 aromatic heterocycles. The highest BCUT2D eigenvalue weighted by Crippen LogP contribution is 2.41. The first kappa shape index (κ1) is 12.9. The van der Waals surface area contributed by atoms with Crippen LogP contribution in [0, 0.1) is 0 Å². The highest BCUT2D eigenvalue weighted by Gasteiger charge is 2.28. The van der Waals surface area contributed by atoms with Crippen LogP contribution in [0.1, 0.15) is 23.5 Å². The molecule has 1 atom stereocenters. The van der Waals surface area contributed by atoms with E-state index >= 15 is 0 Å². The second-order valence-corrected chi connectivity index (χ2v) is 5.64. The van der Waals surface area contributed by atoms with Gasteiger partial charge in [-0.1, -0.05) is 42.5 Å². The third-order valence-electron chi connectivity index (χ3n) is 4.28. The van der Waals surface area contributed by atoms with Gasteiger partial charge in [-0.15, -0.1) is 0 Å². The molecule has 1 aliphatic rings. The number of carbonyl (C=O) groups excluding carboxylic acids is 1. The number of rotatable bonds is 1. The van der Waals surface area contributed by atoms with Crippen LogP contribution in [0.15, 0.2) is 60.7 Å². The quantitative estimate of drug-likeness (QED) is 0.711. The molecule has 3 heteroatoms. The van der Waals surface area contributed by atoms with Gasteiger partial charge in [0.05, 0.1) is 0 Å². The summed E-state index contributed by atoms with van der Waals surface area (Å²) in [5.74, 6) is 0.276. The predicted molar refractivity (Wildman–Crippen MR) is 87.1 cm³/mol. The fourth-order valence-electron chi connectivity index (χ4n) is 3.26. The molecule has 2 N–H and O–H groups in total. The van der Waals surface area contributed by atoms with Crippen LogP contribution in [0.5, 0.6) is 5.75 Å². The summed E-state index contributed by atoms with van der Waals surface area (Å²) in [6.45, 7) is 0. The van der Waals surface area contributed by atoms with E-state index < -0.39 is 0 Å². The smallest absolute Gasteiger partial charge is 0.225 e. The number of hydrogen-bond acceptors (Lipinski definition) is 2. The molecule has 4 rings (SSSR count). The van der Waals surface area contributed by atoms with Crippen LogP contribution in [0.2, 0.25) is 0 Å². The minimum Gasteiger partial charge on any atom is -0.508 e. The maximum Gasteiger partial charge on any atom is 0.225 e. The van der Waals surface area contributed by atoms with Gasteiger partial charge in [-0.3, -0.25) is 4.79 Å². The van der Waals surface area contributed by atoms with Crippen molar-refractivity contribution in [3.8, 4) is 5.75 Å². The molecule has 0 saturated heterocycles. The number of aromatic hydroxyl groups is 1. The van der Waals surface area contributed by atoms with Gasteiger partial charge in [0.15, 0.2) is 0 Å². The van der Waals surface area contributed by atoms with Crippen LogP contribution in [0.3, 0.4) is 0 Å². The number of hydrogen-bond donors (Lipinski definition) is 2. The lowest BCUT2D eigenvalue weighted by Crippen LogP contribution is -2.23. The van der Waals surface area contributed by atoms with Crippen molar-refractivity contribution >= 4 is 22.4 Å². The summed E-state index contributed by atoms with van der Waals surface area (Å²) in [5, 5.41) is 14.8. The summed E-state index contributed by atoms with van der Waals surface area (Å²) >= 11 is 0.